The van der Waals surface area contributed by atoms with Crippen LogP contribution in [0.3, 0.4) is 0 Å². The van der Waals surface area contributed by atoms with E-state index in [9.17, 15) is 9.59 Å². The first kappa shape index (κ1) is 18.8. The largest absolute Gasteiger partial charge is 0.494 e. The van der Waals surface area contributed by atoms with E-state index in [0.717, 1.165) is 18.6 Å². The van der Waals surface area contributed by atoms with E-state index < -0.39 is 17.9 Å². The predicted octanol–water partition coefficient (Wildman–Crippen LogP) is 2.47. The van der Waals surface area contributed by atoms with Gasteiger partial charge < -0.3 is 19.9 Å². The molecule has 1 amide bonds. The van der Waals surface area contributed by atoms with Gasteiger partial charge in [-0.3, -0.25) is 4.79 Å². The number of benzene rings is 1. The monoisotopic (exact) mass is 323 g/mol. The van der Waals surface area contributed by atoms with Crippen molar-refractivity contribution in [2.75, 3.05) is 13.2 Å². The van der Waals surface area contributed by atoms with Crippen molar-refractivity contribution in [1.29, 1.82) is 0 Å². The summed E-state index contributed by atoms with van der Waals surface area (Å²) in [6, 6.07) is 6.06. The quantitative estimate of drug-likeness (QED) is 0.646. The summed E-state index contributed by atoms with van der Waals surface area (Å²) in [5.74, 6) is -0.437. The normalized spacial score (nSPS) is 11.8. The van der Waals surface area contributed by atoms with Gasteiger partial charge in [-0.15, -0.1) is 0 Å². The highest BCUT2D eigenvalue weighted by molar-refractivity contribution is 5.84. The summed E-state index contributed by atoms with van der Waals surface area (Å²) in [4.78, 5) is 22.8. The van der Waals surface area contributed by atoms with E-state index in [0.29, 0.717) is 12.4 Å². The van der Waals surface area contributed by atoms with E-state index in [2.05, 4.69) is 12.2 Å². The summed E-state index contributed by atoms with van der Waals surface area (Å²) in [7, 11) is 0. The van der Waals surface area contributed by atoms with Crippen LogP contribution in [0.4, 0.5) is 0 Å². The molecule has 0 spiro atoms. The maximum atomic E-state index is 11.8. The molecule has 1 aromatic rings. The van der Waals surface area contributed by atoms with E-state index >= 15 is 0 Å². The molecule has 1 unspecified atom stereocenters. The minimum Gasteiger partial charge on any atom is -0.494 e. The Hall–Kier alpha value is -2.24. The molecular weight excluding hydrogens is 298 g/mol. The Labute approximate surface area is 136 Å². The van der Waals surface area contributed by atoms with Crippen LogP contribution in [0, 0.1) is 5.92 Å². The maximum Gasteiger partial charge on any atom is 0.326 e. The molecule has 1 rings (SSSR count). The maximum absolute atomic E-state index is 11.8. The van der Waals surface area contributed by atoms with E-state index in [-0.39, 0.29) is 12.5 Å². The highest BCUT2D eigenvalue weighted by Crippen LogP contribution is 2.17. The van der Waals surface area contributed by atoms with Crippen LogP contribution in [0.2, 0.25) is 0 Å². The number of nitrogens with one attached hydrogen (secondary N) is 1. The molecule has 0 radical (unpaired) electrons. The molecule has 0 aliphatic rings. The Morgan fingerprint density at radius 3 is 2.17 bits per heavy atom. The minimum atomic E-state index is -1.05. The first-order valence-corrected chi connectivity index (χ1v) is 7.81. The molecule has 0 heterocycles. The predicted molar refractivity (Wildman–Crippen MR) is 86.7 cm³/mol. The zero-order chi connectivity index (χ0) is 17.2. The van der Waals surface area contributed by atoms with E-state index in [1.165, 1.54) is 0 Å². The van der Waals surface area contributed by atoms with Gasteiger partial charge in [-0.2, -0.15) is 0 Å². The number of hydrogen-bond acceptors (Lipinski definition) is 4. The third kappa shape index (κ3) is 7.04. The molecule has 6 heteroatoms. The number of carbonyl (C=O) groups is 2. The van der Waals surface area contributed by atoms with Crippen molar-refractivity contribution in [3.8, 4) is 11.5 Å². The van der Waals surface area contributed by atoms with Crippen molar-refractivity contribution in [1.82, 2.24) is 5.32 Å². The summed E-state index contributed by atoms with van der Waals surface area (Å²) in [5, 5.41) is 11.5. The van der Waals surface area contributed by atoms with Crippen LogP contribution < -0.4 is 14.8 Å². The Kier molecular flexibility index (Phi) is 7.94. The van der Waals surface area contributed by atoms with Crippen LogP contribution in [-0.2, 0) is 9.59 Å². The Morgan fingerprint density at radius 2 is 1.70 bits per heavy atom. The Bertz CT molecular complexity index is 498. The second-order valence-electron chi connectivity index (χ2n) is 5.59. The zero-order valence-corrected chi connectivity index (χ0v) is 13.9. The molecule has 6 nitrogen and oxygen atoms in total. The smallest absolute Gasteiger partial charge is 0.326 e. The standard InChI is InChI=1S/C17H25NO5/c1-4-5-10-22-13-6-8-14(9-7-13)23-11-15(19)18-16(12(2)3)17(20)21/h6-9,12,16H,4-5,10-11H2,1-3H3,(H,18,19)(H,20,21). The fraction of sp³-hybridized carbons (Fsp3) is 0.529. The van der Waals surface area contributed by atoms with Crippen LogP contribution in [0.15, 0.2) is 24.3 Å². The van der Waals surface area contributed by atoms with Crippen molar-refractivity contribution in [2.24, 2.45) is 5.92 Å². The lowest BCUT2D eigenvalue weighted by molar-refractivity contribution is -0.143. The Balaban J connectivity index is 2.42. The molecule has 0 bridgehead atoms. The fourth-order valence-electron chi connectivity index (χ4n) is 1.84. The second kappa shape index (κ2) is 9.71. The highest BCUT2D eigenvalue weighted by Gasteiger charge is 2.23. The summed E-state index contributed by atoms with van der Waals surface area (Å²) >= 11 is 0. The first-order valence-electron chi connectivity index (χ1n) is 7.81. The molecule has 0 saturated carbocycles. The topological polar surface area (TPSA) is 84.9 Å². The summed E-state index contributed by atoms with van der Waals surface area (Å²) in [6.07, 6.45) is 2.07. The van der Waals surface area contributed by atoms with Crippen LogP contribution in [0.5, 0.6) is 11.5 Å². The van der Waals surface area contributed by atoms with Gasteiger partial charge in [0.15, 0.2) is 6.61 Å². The summed E-state index contributed by atoms with van der Waals surface area (Å²) in [5.41, 5.74) is 0. The second-order valence-corrected chi connectivity index (χ2v) is 5.59. The number of rotatable bonds is 10. The van der Waals surface area contributed by atoms with Gasteiger partial charge in [0.05, 0.1) is 6.61 Å². The lowest BCUT2D eigenvalue weighted by atomic mass is 10.1. The van der Waals surface area contributed by atoms with Gasteiger partial charge in [-0.05, 0) is 36.6 Å². The molecule has 1 atom stereocenters. The average Bonchev–Trinajstić information content (AvgIpc) is 2.51. The number of carbonyl (C=O) groups excluding carboxylic acids is 1. The molecule has 0 fully saturated rings. The van der Waals surface area contributed by atoms with Crippen LogP contribution in [-0.4, -0.2) is 36.2 Å². The van der Waals surface area contributed by atoms with Crippen LogP contribution in [0.1, 0.15) is 33.6 Å². The number of carboxylic acid groups (broad SMARTS) is 1. The minimum absolute atomic E-state index is 0.198. The van der Waals surface area contributed by atoms with Crippen molar-refractivity contribution < 1.29 is 24.2 Å². The van der Waals surface area contributed by atoms with Gasteiger partial charge in [0.1, 0.15) is 17.5 Å². The van der Waals surface area contributed by atoms with Crippen LogP contribution >= 0.6 is 0 Å². The van der Waals surface area contributed by atoms with Gasteiger partial charge in [0.25, 0.3) is 5.91 Å². The van der Waals surface area contributed by atoms with Crippen molar-refractivity contribution in [3.05, 3.63) is 24.3 Å². The molecule has 0 aromatic heterocycles. The number of amides is 1. The molecule has 23 heavy (non-hydrogen) atoms. The van der Waals surface area contributed by atoms with Gasteiger partial charge >= 0.3 is 5.97 Å². The van der Waals surface area contributed by atoms with Gasteiger partial charge in [-0.25, -0.2) is 4.79 Å². The van der Waals surface area contributed by atoms with Gasteiger partial charge in [0, 0.05) is 0 Å². The van der Waals surface area contributed by atoms with Crippen molar-refractivity contribution in [2.45, 2.75) is 39.7 Å². The van der Waals surface area contributed by atoms with E-state index in [1.54, 1.807) is 38.1 Å². The molecule has 1 aromatic carbocycles. The third-order valence-electron chi connectivity index (χ3n) is 3.21. The Morgan fingerprint density at radius 1 is 1.13 bits per heavy atom. The average molecular weight is 323 g/mol. The van der Waals surface area contributed by atoms with Crippen molar-refractivity contribution in [3.63, 3.8) is 0 Å². The number of hydrogen-bond donors (Lipinski definition) is 2. The van der Waals surface area contributed by atoms with Gasteiger partial charge in [-0.1, -0.05) is 27.2 Å². The molecule has 2 N–H and O–H groups in total. The lowest BCUT2D eigenvalue weighted by Crippen LogP contribution is -2.46. The molecule has 0 aliphatic carbocycles. The van der Waals surface area contributed by atoms with Crippen molar-refractivity contribution >= 4 is 11.9 Å². The number of unbranched alkanes of at least 4 members (excludes halogenated alkanes) is 1. The number of carboxylic acids is 1. The third-order valence-corrected chi connectivity index (χ3v) is 3.21. The fourth-order valence-corrected chi connectivity index (χ4v) is 1.84. The van der Waals surface area contributed by atoms with Gasteiger partial charge in [0.2, 0.25) is 0 Å². The highest BCUT2D eigenvalue weighted by atomic mass is 16.5. The molecule has 128 valence electrons. The molecular formula is C17H25NO5. The van der Waals surface area contributed by atoms with Crippen LogP contribution in [0.25, 0.3) is 0 Å². The molecule has 0 aliphatic heterocycles. The van der Waals surface area contributed by atoms with E-state index in [4.69, 9.17) is 14.6 Å². The lowest BCUT2D eigenvalue weighted by Gasteiger charge is -2.18. The van der Waals surface area contributed by atoms with E-state index in [1.807, 2.05) is 0 Å². The molecule has 0 saturated heterocycles. The summed E-state index contributed by atoms with van der Waals surface area (Å²) < 4.78 is 10.9. The number of ether oxygens (including phenoxy) is 2. The summed E-state index contributed by atoms with van der Waals surface area (Å²) in [6.45, 7) is 6.01. The first-order chi connectivity index (χ1) is 10.9. The zero-order valence-electron chi connectivity index (χ0n) is 13.9. The SMILES string of the molecule is CCCCOc1ccc(OCC(=O)NC(C(=O)O)C(C)C)cc1. The number of aliphatic carboxylic acids is 1.